The number of nitrogens with one attached hydrogen (secondary N) is 1. The quantitative estimate of drug-likeness (QED) is 0.681. The number of anilines is 1. The predicted molar refractivity (Wildman–Crippen MR) is 105 cm³/mol. The Kier molecular flexibility index (Phi) is 7.43. The zero-order valence-electron chi connectivity index (χ0n) is 16.6. The minimum atomic E-state index is -1.04. The van der Waals surface area contributed by atoms with Crippen LogP contribution >= 0.6 is 0 Å². The highest BCUT2D eigenvalue weighted by atomic mass is 16.6. The van der Waals surface area contributed by atoms with Crippen LogP contribution in [0.4, 0.5) is 5.69 Å². The number of hydrogen-bond donors (Lipinski definition) is 1. The number of benzene rings is 2. The lowest BCUT2D eigenvalue weighted by Crippen LogP contribution is -2.35. The van der Waals surface area contributed by atoms with Gasteiger partial charge in [-0.05, 0) is 50.2 Å². The van der Waals surface area contributed by atoms with Crippen LogP contribution in [-0.4, -0.2) is 38.3 Å². The second-order valence-corrected chi connectivity index (χ2v) is 6.03. The lowest BCUT2D eigenvalue weighted by molar-refractivity contribution is -0.159. The van der Waals surface area contributed by atoms with Crippen molar-refractivity contribution in [3.63, 3.8) is 0 Å². The molecule has 1 amide bonds. The molecule has 0 unspecified atom stereocenters. The molecule has 0 aliphatic rings. The molecule has 0 heterocycles. The maximum absolute atomic E-state index is 12.3. The molecule has 0 saturated heterocycles. The largest absolute Gasteiger partial charge is 0.493 e. The van der Waals surface area contributed by atoms with Crippen LogP contribution in [0, 0.1) is 11.3 Å². The number of rotatable bonds is 8. The summed E-state index contributed by atoms with van der Waals surface area (Å²) in [6, 6.07) is 13.2. The summed E-state index contributed by atoms with van der Waals surface area (Å²) in [7, 11) is 3.00. The van der Waals surface area contributed by atoms with E-state index in [1.807, 2.05) is 6.07 Å². The van der Waals surface area contributed by atoms with Gasteiger partial charge in [-0.1, -0.05) is 0 Å². The average molecular weight is 398 g/mol. The monoisotopic (exact) mass is 398 g/mol. The molecule has 0 aromatic heterocycles. The van der Waals surface area contributed by atoms with Gasteiger partial charge in [0.1, 0.15) is 5.75 Å². The summed E-state index contributed by atoms with van der Waals surface area (Å²) in [6.07, 6.45) is -1.97. The maximum atomic E-state index is 12.3. The minimum Gasteiger partial charge on any atom is -0.493 e. The van der Waals surface area contributed by atoms with Crippen LogP contribution in [0.1, 0.15) is 19.4 Å². The lowest BCUT2D eigenvalue weighted by Gasteiger charge is -2.18. The standard InChI is InChI=1S/C21H22N2O6/c1-13(20(24)23-16-7-10-18(26-3)19(11-16)27-4)29-21(25)14(2)28-17-8-5-15(12-22)6-9-17/h5-11,13-14H,1-4H3,(H,23,24)/t13-,14-/m0/s1. The number of esters is 1. The van der Waals surface area contributed by atoms with Crippen molar-refractivity contribution in [2.45, 2.75) is 26.1 Å². The Hall–Kier alpha value is -3.73. The number of ether oxygens (including phenoxy) is 4. The summed E-state index contributed by atoms with van der Waals surface area (Å²) in [4.78, 5) is 24.5. The molecule has 152 valence electrons. The van der Waals surface area contributed by atoms with Gasteiger partial charge in [-0.25, -0.2) is 4.79 Å². The van der Waals surface area contributed by atoms with Crippen LogP contribution < -0.4 is 19.5 Å². The summed E-state index contributed by atoms with van der Waals surface area (Å²) in [6.45, 7) is 2.97. The Bertz CT molecular complexity index is 904. The van der Waals surface area contributed by atoms with E-state index in [0.717, 1.165) is 0 Å². The molecule has 0 saturated carbocycles. The molecule has 0 bridgehead atoms. The van der Waals surface area contributed by atoms with Crippen molar-refractivity contribution in [2.75, 3.05) is 19.5 Å². The van der Waals surface area contributed by atoms with Crippen LogP contribution in [0.25, 0.3) is 0 Å². The van der Waals surface area contributed by atoms with E-state index in [4.69, 9.17) is 24.2 Å². The zero-order valence-corrected chi connectivity index (χ0v) is 16.6. The van der Waals surface area contributed by atoms with Crippen molar-refractivity contribution in [1.82, 2.24) is 0 Å². The third-order valence-electron chi connectivity index (χ3n) is 3.94. The summed E-state index contributed by atoms with van der Waals surface area (Å²) >= 11 is 0. The van der Waals surface area contributed by atoms with E-state index in [9.17, 15) is 9.59 Å². The summed E-state index contributed by atoms with van der Waals surface area (Å²) in [5, 5.41) is 11.4. The molecule has 2 aromatic rings. The van der Waals surface area contributed by atoms with E-state index in [1.165, 1.54) is 28.1 Å². The molecule has 8 heteroatoms. The van der Waals surface area contributed by atoms with Crippen LogP contribution in [-0.2, 0) is 14.3 Å². The number of nitrogens with zero attached hydrogens (tertiary/aromatic N) is 1. The van der Waals surface area contributed by atoms with Gasteiger partial charge in [0.05, 0.1) is 25.9 Å². The number of hydrogen-bond acceptors (Lipinski definition) is 7. The molecular weight excluding hydrogens is 376 g/mol. The van der Waals surface area contributed by atoms with Gasteiger partial charge in [-0.2, -0.15) is 5.26 Å². The maximum Gasteiger partial charge on any atom is 0.347 e. The van der Waals surface area contributed by atoms with Crippen LogP contribution in [0.5, 0.6) is 17.2 Å². The smallest absolute Gasteiger partial charge is 0.347 e. The molecule has 0 radical (unpaired) electrons. The molecule has 0 aliphatic heterocycles. The fourth-order valence-electron chi connectivity index (χ4n) is 2.34. The van der Waals surface area contributed by atoms with Gasteiger partial charge < -0.3 is 24.3 Å². The highest BCUT2D eigenvalue weighted by Crippen LogP contribution is 2.29. The number of amides is 1. The molecule has 29 heavy (non-hydrogen) atoms. The van der Waals surface area contributed by atoms with Gasteiger partial charge in [-0.3, -0.25) is 4.79 Å². The lowest BCUT2D eigenvalue weighted by atomic mass is 10.2. The Morgan fingerprint density at radius 3 is 2.21 bits per heavy atom. The van der Waals surface area contributed by atoms with Crippen molar-refractivity contribution in [3.05, 3.63) is 48.0 Å². The zero-order chi connectivity index (χ0) is 21.4. The molecule has 0 spiro atoms. The molecule has 1 N–H and O–H groups in total. The molecule has 2 atom stereocenters. The number of carbonyl (C=O) groups excluding carboxylic acids is 2. The summed E-state index contributed by atoms with van der Waals surface area (Å²) in [5.74, 6) is 0.203. The third kappa shape index (κ3) is 5.87. The Morgan fingerprint density at radius 1 is 0.966 bits per heavy atom. The summed E-state index contributed by atoms with van der Waals surface area (Å²) in [5.41, 5.74) is 0.950. The van der Waals surface area contributed by atoms with E-state index in [-0.39, 0.29) is 0 Å². The third-order valence-corrected chi connectivity index (χ3v) is 3.94. The van der Waals surface area contributed by atoms with Gasteiger partial charge in [0.2, 0.25) is 0 Å². The Morgan fingerprint density at radius 2 is 1.62 bits per heavy atom. The van der Waals surface area contributed by atoms with Gasteiger partial charge in [-0.15, -0.1) is 0 Å². The molecule has 0 fully saturated rings. The number of carbonyl (C=O) groups is 2. The second kappa shape index (κ2) is 9.99. The fourth-order valence-corrected chi connectivity index (χ4v) is 2.34. The Balaban J connectivity index is 1.92. The first-order valence-electron chi connectivity index (χ1n) is 8.78. The topological polar surface area (TPSA) is 107 Å². The first-order chi connectivity index (χ1) is 13.9. The van der Waals surface area contributed by atoms with Crippen molar-refractivity contribution in [2.24, 2.45) is 0 Å². The molecule has 2 rings (SSSR count). The van der Waals surface area contributed by atoms with Crippen molar-refractivity contribution in [3.8, 4) is 23.3 Å². The predicted octanol–water partition coefficient (Wildman–Crippen LogP) is 2.91. The van der Waals surface area contributed by atoms with E-state index in [1.54, 1.807) is 42.5 Å². The normalized spacial score (nSPS) is 12.1. The van der Waals surface area contributed by atoms with Crippen molar-refractivity contribution in [1.29, 1.82) is 5.26 Å². The van der Waals surface area contributed by atoms with E-state index in [2.05, 4.69) is 5.32 Å². The highest BCUT2D eigenvalue weighted by molar-refractivity contribution is 5.95. The highest BCUT2D eigenvalue weighted by Gasteiger charge is 2.23. The first kappa shape index (κ1) is 21.6. The SMILES string of the molecule is COc1ccc(NC(=O)[C@H](C)OC(=O)[C@H](C)Oc2ccc(C#N)cc2)cc1OC. The number of methoxy groups -OCH3 is 2. The van der Waals surface area contributed by atoms with Gasteiger partial charge in [0, 0.05) is 11.8 Å². The van der Waals surface area contributed by atoms with Gasteiger partial charge >= 0.3 is 5.97 Å². The van der Waals surface area contributed by atoms with Crippen molar-refractivity contribution < 1.29 is 28.5 Å². The van der Waals surface area contributed by atoms with E-state index >= 15 is 0 Å². The minimum absolute atomic E-state index is 0.413. The fraction of sp³-hybridized carbons (Fsp3) is 0.286. The Labute approximate surface area is 168 Å². The van der Waals surface area contributed by atoms with Crippen molar-refractivity contribution >= 4 is 17.6 Å². The van der Waals surface area contributed by atoms with Crippen LogP contribution in [0.3, 0.4) is 0 Å². The molecule has 8 nitrogen and oxygen atoms in total. The van der Waals surface area contributed by atoms with Crippen LogP contribution in [0.2, 0.25) is 0 Å². The van der Waals surface area contributed by atoms with Crippen LogP contribution in [0.15, 0.2) is 42.5 Å². The summed E-state index contributed by atoms with van der Waals surface area (Å²) < 4.78 is 21.0. The van der Waals surface area contributed by atoms with E-state index in [0.29, 0.717) is 28.5 Å². The van der Waals surface area contributed by atoms with Gasteiger partial charge in [0.15, 0.2) is 23.7 Å². The number of nitriles is 1. The average Bonchev–Trinajstić information content (AvgIpc) is 2.73. The van der Waals surface area contributed by atoms with Gasteiger partial charge in [0.25, 0.3) is 5.91 Å². The first-order valence-corrected chi connectivity index (χ1v) is 8.78. The molecule has 2 aromatic carbocycles. The molecular formula is C21H22N2O6. The molecule has 0 aliphatic carbocycles. The second-order valence-electron chi connectivity index (χ2n) is 6.03. The van der Waals surface area contributed by atoms with E-state index < -0.39 is 24.1 Å².